The van der Waals surface area contributed by atoms with E-state index in [-0.39, 0.29) is 5.90 Å². The number of para-hydroxylation sites is 1. The van der Waals surface area contributed by atoms with Crippen molar-refractivity contribution in [2.45, 2.75) is 0 Å². The molecule has 2 aromatic rings. The van der Waals surface area contributed by atoms with Gasteiger partial charge in [0.2, 0.25) is 5.90 Å². The van der Waals surface area contributed by atoms with E-state index in [1.54, 1.807) is 4.68 Å². The lowest BCUT2D eigenvalue weighted by Gasteiger charge is -2.04. The van der Waals surface area contributed by atoms with Gasteiger partial charge in [0.15, 0.2) is 0 Å². The van der Waals surface area contributed by atoms with E-state index >= 15 is 0 Å². The third-order valence-electron chi connectivity index (χ3n) is 2.26. The van der Waals surface area contributed by atoms with Crippen LogP contribution in [0.3, 0.4) is 0 Å². The third kappa shape index (κ3) is 1.63. The van der Waals surface area contributed by atoms with Crippen molar-refractivity contribution in [3.63, 3.8) is 0 Å². The second-order valence-electron chi connectivity index (χ2n) is 3.22. The van der Waals surface area contributed by atoms with Crippen LogP contribution in [0.25, 0.3) is 5.69 Å². The van der Waals surface area contributed by atoms with Crippen LogP contribution in [0.15, 0.2) is 36.5 Å². The van der Waals surface area contributed by atoms with Gasteiger partial charge in [-0.05, 0) is 12.1 Å². The summed E-state index contributed by atoms with van der Waals surface area (Å²) in [5, 5.41) is 11.7. The van der Waals surface area contributed by atoms with Crippen molar-refractivity contribution in [1.29, 1.82) is 5.41 Å². The Balaban J connectivity index is 2.45. The van der Waals surface area contributed by atoms with Gasteiger partial charge in [-0.1, -0.05) is 18.2 Å². The first-order valence-corrected chi connectivity index (χ1v) is 4.76. The summed E-state index contributed by atoms with van der Waals surface area (Å²) < 4.78 is 6.39. The standard InChI is InChI=1S/C11H12N4O/c1-16-11(13)9-7-14-15(10(9)12)8-5-3-2-4-6-8/h2-7,13H,12H2,1H3. The van der Waals surface area contributed by atoms with Gasteiger partial charge in [0.05, 0.1) is 24.6 Å². The Bertz CT molecular complexity index is 504. The lowest BCUT2D eigenvalue weighted by Crippen LogP contribution is -2.07. The van der Waals surface area contributed by atoms with Crippen molar-refractivity contribution >= 4 is 11.7 Å². The van der Waals surface area contributed by atoms with Gasteiger partial charge in [0.1, 0.15) is 5.82 Å². The van der Waals surface area contributed by atoms with Gasteiger partial charge in [-0.15, -0.1) is 0 Å². The normalized spacial score (nSPS) is 10.1. The predicted molar refractivity (Wildman–Crippen MR) is 61.8 cm³/mol. The molecule has 0 aliphatic rings. The maximum absolute atomic E-state index is 7.54. The van der Waals surface area contributed by atoms with Gasteiger partial charge in [-0.3, -0.25) is 5.41 Å². The number of anilines is 1. The summed E-state index contributed by atoms with van der Waals surface area (Å²) in [6.45, 7) is 0. The largest absolute Gasteiger partial charge is 0.481 e. The number of nitrogens with zero attached hydrogens (tertiary/aromatic N) is 2. The fourth-order valence-corrected chi connectivity index (χ4v) is 1.42. The highest BCUT2D eigenvalue weighted by molar-refractivity contribution is 5.96. The van der Waals surface area contributed by atoms with Crippen LogP contribution < -0.4 is 5.73 Å². The van der Waals surface area contributed by atoms with Crippen molar-refractivity contribution in [1.82, 2.24) is 9.78 Å². The number of nitrogens with one attached hydrogen (secondary N) is 1. The maximum atomic E-state index is 7.54. The number of benzene rings is 1. The van der Waals surface area contributed by atoms with E-state index in [9.17, 15) is 0 Å². The van der Waals surface area contributed by atoms with Gasteiger partial charge in [-0.25, -0.2) is 4.68 Å². The van der Waals surface area contributed by atoms with E-state index in [0.717, 1.165) is 5.69 Å². The summed E-state index contributed by atoms with van der Waals surface area (Å²) in [5.41, 5.74) is 7.24. The molecule has 2 rings (SSSR count). The summed E-state index contributed by atoms with van der Waals surface area (Å²) in [6, 6.07) is 9.50. The molecule has 5 heteroatoms. The molecular weight excluding hydrogens is 204 g/mol. The summed E-state index contributed by atoms with van der Waals surface area (Å²) in [5.74, 6) is 0.415. The molecule has 0 bridgehead atoms. The first-order valence-electron chi connectivity index (χ1n) is 4.76. The molecule has 0 aliphatic heterocycles. The average Bonchev–Trinajstić information content (AvgIpc) is 2.71. The molecule has 1 aromatic heterocycles. The fourth-order valence-electron chi connectivity index (χ4n) is 1.42. The van der Waals surface area contributed by atoms with Crippen molar-refractivity contribution in [3.8, 4) is 5.69 Å². The Morgan fingerprint density at radius 2 is 2.06 bits per heavy atom. The molecule has 0 atom stereocenters. The summed E-state index contributed by atoms with van der Waals surface area (Å²) in [7, 11) is 1.43. The van der Waals surface area contributed by atoms with Crippen molar-refractivity contribution in [2.24, 2.45) is 0 Å². The first kappa shape index (κ1) is 10.2. The van der Waals surface area contributed by atoms with Gasteiger partial charge in [-0.2, -0.15) is 5.10 Å². The summed E-state index contributed by atoms with van der Waals surface area (Å²) >= 11 is 0. The quantitative estimate of drug-likeness (QED) is 0.588. The van der Waals surface area contributed by atoms with Crippen LogP contribution in [-0.2, 0) is 4.74 Å². The molecule has 82 valence electrons. The molecule has 3 N–H and O–H groups in total. The number of ether oxygens (including phenoxy) is 1. The minimum absolute atomic E-state index is 0.0136. The van der Waals surface area contributed by atoms with Gasteiger partial charge in [0, 0.05) is 0 Å². The van der Waals surface area contributed by atoms with Gasteiger partial charge in [0.25, 0.3) is 0 Å². The number of nitrogen functional groups attached to an aromatic ring is 1. The van der Waals surface area contributed by atoms with Crippen molar-refractivity contribution in [3.05, 3.63) is 42.1 Å². The van der Waals surface area contributed by atoms with Crippen LogP contribution >= 0.6 is 0 Å². The number of nitrogens with two attached hydrogens (primary N) is 1. The minimum atomic E-state index is 0.0136. The van der Waals surface area contributed by atoms with Crippen LogP contribution in [0.1, 0.15) is 5.56 Å². The molecule has 1 aromatic carbocycles. The number of hydrogen-bond acceptors (Lipinski definition) is 4. The molecule has 1 heterocycles. The first-order chi connectivity index (χ1) is 7.74. The fraction of sp³-hybridized carbons (Fsp3) is 0.0909. The van der Waals surface area contributed by atoms with Gasteiger partial charge >= 0.3 is 0 Å². The SMILES string of the molecule is COC(=N)c1cnn(-c2ccccc2)c1N. The summed E-state index contributed by atoms with van der Waals surface area (Å²) in [6.07, 6.45) is 1.52. The van der Waals surface area contributed by atoms with E-state index < -0.39 is 0 Å². The molecule has 0 aliphatic carbocycles. The monoisotopic (exact) mass is 216 g/mol. The van der Waals surface area contributed by atoms with Crippen molar-refractivity contribution in [2.75, 3.05) is 12.8 Å². The molecule has 0 amide bonds. The number of aromatic nitrogens is 2. The Hall–Kier alpha value is -2.30. The topological polar surface area (TPSA) is 76.9 Å². The van der Waals surface area contributed by atoms with E-state index in [2.05, 4.69) is 5.10 Å². The van der Waals surface area contributed by atoms with Crippen molar-refractivity contribution < 1.29 is 4.74 Å². The highest BCUT2D eigenvalue weighted by atomic mass is 16.5. The molecule has 5 nitrogen and oxygen atoms in total. The second kappa shape index (κ2) is 4.06. The number of hydrogen-bond donors (Lipinski definition) is 2. The number of methoxy groups -OCH3 is 1. The molecule has 0 radical (unpaired) electrons. The molecule has 0 spiro atoms. The van der Waals surface area contributed by atoms with Crippen LogP contribution in [0.2, 0.25) is 0 Å². The van der Waals surface area contributed by atoms with E-state index in [4.69, 9.17) is 15.9 Å². The molecule has 0 saturated heterocycles. The van der Waals surface area contributed by atoms with Crippen LogP contribution in [0.5, 0.6) is 0 Å². The molecule has 0 fully saturated rings. The predicted octanol–water partition coefficient (Wildman–Crippen LogP) is 1.43. The Morgan fingerprint density at radius 3 is 2.69 bits per heavy atom. The second-order valence-corrected chi connectivity index (χ2v) is 3.22. The highest BCUT2D eigenvalue weighted by Crippen LogP contribution is 2.17. The Kier molecular flexibility index (Phi) is 2.59. The lowest BCUT2D eigenvalue weighted by atomic mass is 10.3. The van der Waals surface area contributed by atoms with E-state index in [1.807, 2.05) is 30.3 Å². The number of rotatable bonds is 2. The van der Waals surface area contributed by atoms with E-state index in [1.165, 1.54) is 13.3 Å². The Morgan fingerprint density at radius 1 is 1.38 bits per heavy atom. The van der Waals surface area contributed by atoms with E-state index in [0.29, 0.717) is 11.4 Å². The zero-order valence-corrected chi connectivity index (χ0v) is 8.84. The molecular formula is C11H12N4O. The average molecular weight is 216 g/mol. The zero-order valence-electron chi connectivity index (χ0n) is 8.84. The summed E-state index contributed by atoms with van der Waals surface area (Å²) in [4.78, 5) is 0. The third-order valence-corrected chi connectivity index (χ3v) is 2.26. The lowest BCUT2D eigenvalue weighted by molar-refractivity contribution is 0.401. The van der Waals surface area contributed by atoms with Crippen LogP contribution in [-0.4, -0.2) is 22.8 Å². The molecule has 0 saturated carbocycles. The van der Waals surface area contributed by atoms with Gasteiger partial charge < -0.3 is 10.5 Å². The Labute approximate surface area is 93.0 Å². The smallest absolute Gasteiger partial charge is 0.218 e. The molecule has 0 unspecified atom stereocenters. The molecule has 16 heavy (non-hydrogen) atoms. The zero-order chi connectivity index (χ0) is 11.5. The maximum Gasteiger partial charge on any atom is 0.218 e. The highest BCUT2D eigenvalue weighted by Gasteiger charge is 2.12. The minimum Gasteiger partial charge on any atom is -0.481 e. The van der Waals surface area contributed by atoms with Crippen LogP contribution in [0.4, 0.5) is 5.82 Å². The van der Waals surface area contributed by atoms with Crippen LogP contribution in [0, 0.1) is 5.41 Å².